The van der Waals surface area contributed by atoms with Gasteiger partial charge in [0, 0.05) is 26.7 Å². The molecule has 1 aromatic carbocycles. The van der Waals surface area contributed by atoms with E-state index in [1.165, 1.54) is 7.11 Å². The van der Waals surface area contributed by atoms with Crippen LogP contribution in [0.15, 0.2) is 29.3 Å². The smallest absolute Gasteiger partial charge is 0.310 e. The maximum absolute atomic E-state index is 11.9. The quantitative estimate of drug-likeness (QED) is 0.485. The van der Waals surface area contributed by atoms with Gasteiger partial charge in [0.05, 0.1) is 26.2 Å². The number of nitrogens with one attached hydrogen (secondary N) is 1. The number of benzene rings is 1. The molecule has 2 unspecified atom stereocenters. The number of carbonyl (C=O) groups is 1. The maximum Gasteiger partial charge on any atom is 0.310 e. The lowest BCUT2D eigenvalue weighted by atomic mass is 9.99. The number of hydrogen-bond acceptors (Lipinski definition) is 4. The molecular formula is C19H29N3O3. The van der Waals surface area contributed by atoms with Crippen LogP contribution in [0.4, 0.5) is 0 Å². The predicted octanol–water partition coefficient (Wildman–Crippen LogP) is 2.04. The van der Waals surface area contributed by atoms with E-state index >= 15 is 0 Å². The second kappa shape index (κ2) is 9.42. The number of esters is 1. The Balaban J connectivity index is 2.04. The van der Waals surface area contributed by atoms with Crippen molar-refractivity contribution >= 4 is 11.9 Å². The van der Waals surface area contributed by atoms with Crippen LogP contribution in [-0.4, -0.2) is 50.7 Å². The average Bonchev–Trinajstić information content (AvgIpc) is 3.01. The molecule has 0 aliphatic carbocycles. The minimum absolute atomic E-state index is 0.0952. The lowest BCUT2D eigenvalue weighted by Gasteiger charge is -2.21. The molecule has 1 aromatic rings. The third kappa shape index (κ3) is 5.19. The first kappa shape index (κ1) is 19.2. The molecule has 2 atom stereocenters. The van der Waals surface area contributed by atoms with Crippen molar-refractivity contribution in [1.29, 1.82) is 0 Å². The van der Waals surface area contributed by atoms with Crippen LogP contribution in [0, 0.1) is 11.8 Å². The van der Waals surface area contributed by atoms with Crippen molar-refractivity contribution in [2.24, 2.45) is 16.8 Å². The molecule has 138 valence electrons. The molecule has 1 heterocycles. The molecule has 1 fully saturated rings. The summed E-state index contributed by atoms with van der Waals surface area (Å²) in [7, 11) is 3.14. The lowest BCUT2D eigenvalue weighted by Crippen LogP contribution is -2.40. The molecule has 0 saturated carbocycles. The fourth-order valence-corrected chi connectivity index (χ4v) is 3.10. The van der Waals surface area contributed by atoms with Crippen LogP contribution in [0.5, 0.6) is 0 Å². The van der Waals surface area contributed by atoms with Gasteiger partial charge < -0.3 is 19.7 Å². The molecule has 0 radical (unpaired) electrons. The molecule has 0 amide bonds. The summed E-state index contributed by atoms with van der Waals surface area (Å²) in [5.41, 5.74) is 2.29. The minimum Gasteiger partial charge on any atom is -0.469 e. The molecule has 1 N–H and O–H groups in total. The number of methoxy groups -OCH3 is 2. The average molecular weight is 347 g/mol. The molecule has 0 aromatic heterocycles. The van der Waals surface area contributed by atoms with Crippen molar-refractivity contribution < 1.29 is 14.3 Å². The molecule has 1 aliphatic rings. The molecule has 2 rings (SSSR count). The fraction of sp³-hybridized carbons (Fsp3) is 0.579. The van der Waals surface area contributed by atoms with Gasteiger partial charge in [0.15, 0.2) is 5.96 Å². The van der Waals surface area contributed by atoms with Crippen LogP contribution in [0.3, 0.4) is 0 Å². The zero-order valence-corrected chi connectivity index (χ0v) is 15.6. The third-order valence-corrected chi connectivity index (χ3v) is 4.50. The van der Waals surface area contributed by atoms with Gasteiger partial charge in [-0.05, 0) is 24.0 Å². The molecule has 0 bridgehead atoms. The van der Waals surface area contributed by atoms with Crippen molar-refractivity contribution in [2.75, 3.05) is 33.9 Å². The first-order valence-corrected chi connectivity index (χ1v) is 8.76. The fourth-order valence-electron chi connectivity index (χ4n) is 3.10. The van der Waals surface area contributed by atoms with E-state index in [1.54, 1.807) is 7.11 Å². The van der Waals surface area contributed by atoms with Crippen LogP contribution in [0.2, 0.25) is 0 Å². The number of likely N-dealkylation sites (tertiary alicyclic amines) is 1. The molecular weight excluding hydrogens is 318 g/mol. The molecule has 1 aliphatic heterocycles. The number of nitrogens with zero attached hydrogens (tertiary/aromatic N) is 2. The van der Waals surface area contributed by atoms with Crippen LogP contribution in [0.25, 0.3) is 0 Å². The van der Waals surface area contributed by atoms with Gasteiger partial charge in [-0.3, -0.25) is 4.79 Å². The predicted molar refractivity (Wildman–Crippen MR) is 98.2 cm³/mol. The van der Waals surface area contributed by atoms with Gasteiger partial charge in [0.25, 0.3) is 0 Å². The Morgan fingerprint density at radius 1 is 1.24 bits per heavy atom. The van der Waals surface area contributed by atoms with Gasteiger partial charge in [-0.25, -0.2) is 4.99 Å². The Morgan fingerprint density at radius 2 is 1.92 bits per heavy atom. The van der Waals surface area contributed by atoms with E-state index in [0.717, 1.165) is 30.2 Å². The second-order valence-corrected chi connectivity index (χ2v) is 6.43. The van der Waals surface area contributed by atoms with Crippen molar-refractivity contribution in [3.63, 3.8) is 0 Å². The summed E-state index contributed by atoms with van der Waals surface area (Å²) in [6.07, 6.45) is 0. The minimum atomic E-state index is -0.139. The monoisotopic (exact) mass is 347 g/mol. The summed E-state index contributed by atoms with van der Waals surface area (Å²) in [4.78, 5) is 18.8. The summed E-state index contributed by atoms with van der Waals surface area (Å²) < 4.78 is 10.0. The van der Waals surface area contributed by atoms with Gasteiger partial charge in [-0.15, -0.1) is 0 Å². The van der Waals surface area contributed by atoms with E-state index in [2.05, 4.69) is 41.4 Å². The van der Waals surface area contributed by atoms with Gasteiger partial charge in [0.1, 0.15) is 0 Å². The Bertz CT molecular complexity index is 586. The maximum atomic E-state index is 11.9. The van der Waals surface area contributed by atoms with Gasteiger partial charge in [-0.2, -0.15) is 0 Å². The summed E-state index contributed by atoms with van der Waals surface area (Å²) >= 11 is 0. The Hall–Kier alpha value is -2.08. The first-order chi connectivity index (χ1) is 12.1. The number of guanidine groups is 1. The normalized spacial score (nSPS) is 20.6. The molecule has 6 nitrogen and oxygen atoms in total. The Labute approximate surface area is 150 Å². The number of rotatable bonds is 6. The SMILES string of the molecule is CCNC(=NCc1ccc(COC)cc1)N1CC(C)C(C(=O)OC)C1. The third-order valence-electron chi connectivity index (χ3n) is 4.50. The zero-order valence-electron chi connectivity index (χ0n) is 15.6. The topological polar surface area (TPSA) is 63.2 Å². The van der Waals surface area contributed by atoms with Crippen molar-refractivity contribution in [2.45, 2.75) is 27.0 Å². The summed E-state index contributed by atoms with van der Waals surface area (Å²) in [5, 5.41) is 3.33. The number of ether oxygens (including phenoxy) is 2. The van der Waals surface area contributed by atoms with E-state index in [0.29, 0.717) is 19.7 Å². The highest BCUT2D eigenvalue weighted by molar-refractivity contribution is 5.82. The number of aliphatic imine (C=N–C) groups is 1. The Morgan fingerprint density at radius 3 is 2.52 bits per heavy atom. The van der Waals surface area contributed by atoms with Crippen molar-refractivity contribution in [1.82, 2.24) is 10.2 Å². The van der Waals surface area contributed by atoms with E-state index in [-0.39, 0.29) is 17.8 Å². The van der Waals surface area contributed by atoms with Crippen LogP contribution < -0.4 is 5.32 Å². The van der Waals surface area contributed by atoms with Crippen LogP contribution >= 0.6 is 0 Å². The summed E-state index contributed by atoms with van der Waals surface area (Å²) in [6.45, 7) is 7.59. The second-order valence-electron chi connectivity index (χ2n) is 6.43. The van der Waals surface area contributed by atoms with Crippen molar-refractivity contribution in [3.05, 3.63) is 35.4 Å². The number of carbonyl (C=O) groups excluding carboxylic acids is 1. The highest BCUT2D eigenvalue weighted by Gasteiger charge is 2.36. The number of hydrogen-bond donors (Lipinski definition) is 1. The van der Waals surface area contributed by atoms with E-state index in [4.69, 9.17) is 14.5 Å². The van der Waals surface area contributed by atoms with Crippen LogP contribution in [-0.2, 0) is 27.4 Å². The van der Waals surface area contributed by atoms with Gasteiger partial charge in [-0.1, -0.05) is 31.2 Å². The van der Waals surface area contributed by atoms with E-state index in [1.807, 2.05) is 6.92 Å². The highest BCUT2D eigenvalue weighted by Crippen LogP contribution is 2.24. The standard InChI is InChI=1S/C19H29N3O3/c1-5-20-19(22-11-14(2)17(12-22)18(23)25-4)21-10-15-6-8-16(9-7-15)13-24-3/h6-9,14,17H,5,10-13H2,1-4H3,(H,20,21). The van der Waals surface area contributed by atoms with Crippen molar-refractivity contribution in [3.8, 4) is 0 Å². The lowest BCUT2D eigenvalue weighted by molar-refractivity contribution is -0.145. The highest BCUT2D eigenvalue weighted by atomic mass is 16.5. The first-order valence-electron chi connectivity index (χ1n) is 8.76. The zero-order chi connectivity index (χ0) is 18.2. The van der Waals surface area contributed by atoms with Gasteiger partial charge in [0.2, 0.25) is 0 Å². The molecule has 25 heavy (non-hydrogen) atoms. The largest absolute Gasteiger partial charge is 0.469 e. The van der Waals surface area contributed by atoms with Gasteiger partial charge >= 0.3 is 5.97 Å². The van der Waals surface area contributed by atoms with Crippen LogP contribution in [0.1, 0.15) is 25.0 Å². The Kier molecular flexibility index (Phi) is 7.25. The van der Waals surface area contributed by atoms with E-state index < -0.39 is 0 Å². The summed E-state index contributed by atoms with van der Waals surface area (Å²) in [5.74, 6) is 0.869. The summed E-state index contributed by atoms with van der Waals surface area (Å²) in [6, 6.07) is 8.27. The van der Waals surface area contributed by atoms with E-state index in [9.17, 15) is 4.79 Å². The molecule has 0 spiro atoms. The molecule has 6 heteroatoms. The molecule has 1 saturated heterocycles.